The van der Waals surface area contributed by atoms with E-state index in [0.29, 0.717) is 22.9 Å². The van der Waals surface area contributed by atoms with Crippen LogP contribution in [0.4, 0.5) is 0 Å². The molecule has 0 aromatic carbocycles. The lowest BCUT2D eigenvalue weighted by Gasteiger charge is -2.44. The molecule has 0 amide bonds. The maximum Gasteiger partial charge on any atom is 0.0118 e. The van der Waals surface area contributed by atoms with Gasteiger partial charge in [0.05, 0.1) is 0 Å². The van der Waals surface area contributed by atoms with Crippen LogP contribution in [0.3, 0.4) is 0 Å². The Labute approximate surface area is 89.7 Å². The minimum atomic E-state index is 0.407. The molecule has 0 spiro atoms. The lowest BCUT2D eigenvalue weighted by Crippen LogP contribution is -2.53. The zero-order chi connectivity index (χ0) is 11.0. The normalized spacial score (nSPS) is 30.4. The monoisotopic (exact) mass is 197 g/mol. The summed E-state index contributed by atoms with van der Waals surface area (Å²) in [7, 11) is 0. The van der Waals surface area contributed by atoms with Gasteiger partial charge in [-0.25, -0.2) is 0 Å². The molecule has 14 heavy (non-hydrogen) atoms. The van der Waals surface area contributed by atoms with Crippen molar-refractivity contribution in [2.45, 2.75) is 72.9 Å². The van der Waals surface area contributed by atoms with Gasteiger partial charge in [-0.05, 0) is 23.7 Å². The van der Waals surface area contributed by atoms with Crippen molar-refractivity contribution in [3.63, 3.8) is 0 Å². The van der Waals surface area contributed by atoms with Gasteiger partial charge in [-0.15, -0.1) is 0 Å². The molecule has 0 saturated carbocycles. The number of nitrogens with one attached hydrogen (secondary N) is 1. The minimum absolute atomic E-state index is 0.407. The van der Waals surface area contributed by atoms with Crippen LogP contribution in [-0.4, -0.2) is 12.1 Å². The molecule has 0 aromatic heterocycles. The van der Waals surface area contributed by atoms with Crippen molar-refractivity contribution in [3.05, 3.63) is 0 Å². The van der Waals surface area contributed by atoms with E-state index in [-0.39, 0.29) is 0 Å². The Morgan fingerprint density at radius 1 is 0.786 bits per heavy atom. The molecule has 0 radical (unpaired) electrons. The Hall–Kier alpha value is -0.0400. The molecule has 84 valence electrons. The van der Waals surface area contributed by atoms with E-state index in [1.807, 2.05) is 0 Å². The predicted molar refractivity (Wildman–Crippen MR) is 63.5 cm³/mol. The van der Waals surface area contributed by atoms with E-state index < -0.39 is 0 Å². The average Bonchev–Trinajstić information content (AvgIpc) is 2.01. The molecule has 0 aliphatic carbocycles. The van der Waals surface area contributed by atoms with Gasteiger partial charge in [0, 0.05) is 12.1 Å². The van der Waals surface area contributed by atoms with Crippen LogP contribution in [0.25, 0.3) is 0 Å². The minimum Gasteiger partial charge on any atom is -0.310 e. The maximum atomic E-state index is 3.83. The molecule has 1 heterocycles. The summed E-state index contributed by atoms with van der Waals surface area (Å²) in [6.07, 6.45) is 4.07. The summed E-state index contributed by atoms with van der Waals surface area (Å²) in [5.41, 5.74) is 0.813. The molecule has 1 N–H and O–H groups in total. The summed E-state index contributed by atoms with van der Waals surface area (Å²) >= 11 is 0. The molecule has 1 fully saturated rings. The van der Waals surface area contributed by atoms with Crippen molar-refractivity contribution in [2.24, 2.45) is 10.8 Å². The SMILES string of the molecule is CC(C)(C)C1CCCC(C(C)(C)C)N1. The summed E-state index contributed by atoms with van der Waals surface area (Å²) in [5.74, 6) is 0. The smallest absolute Gasteiger partial charge is 0.0118 e. The molecule has 1 aliphatic rings. The summed E-state index contributed by atoms with van der Waals surface area (Å²) < 4.78 is 0. The van der Waals surface area contributed by atoms with E-state index in [9.17, 15) is 0 Å². The lowest BCUT2D eigenvalue weighted by atomic mass is 9.75. The van der Waals surface area contributed by atoms with Crippen molar-refractivity contribution in [1.82, 2.24) is 5.32 Å². The lowest BCUT2D eigenvalue weighted by molar-refractivity contribution is 0.133. The van der Waals surface area contributed by atoms with Crippen molar-refractivity contribution in [2.75, 3.05) is 0 Å². The quantitative estimate of drug-likeness (QED) is 0.626. The van der Waals surface area contributed by atoms with Crippen LogP contribution in [0.2, 0.25) is 0 Å². The number of hydrogen-bond donors (Lipinski definition) is 1. The molecule has 2 atom stereocenters. The Morgan fingerprint density at radius 2 is 1.14 bits per heavy atom. The number of rotatable bonds is 0. The Morgan fingerprint density at radius 3 is 1.43 bits per heavy atom. The molecule has 1 nitrogen and oxygen atoms in total. The second-order valence-corrected chi connectivity index (χ2v) is 6.93. The van der Waals surface area contributed by atoms with Crippen LogP contribution in [-0.2, 0) is 0 Å². The van der Waals surface area contributed by atoms with Crippen molar-refractivity contribution < 1.29 is 0 Å². The van der Waals surface area contributed by atoms with E-state index in [1.165, 1.54) is 19.3 Å². The third-order valence-corrected chi connectivity index (χ3v) is 3.48. The van der Waals surface area contributed by atoms with E-state index in [2.05, 4.69) is 46.9 Å². The van der Waals surface area contributed by atoms with E-state index >= 15 is 0 Å². The average molecular weight is 197 g/mol. The molecule has 1 saturated heterocycles. The topological polar surface area (TPSA) is 12.0 Å². The summed E-state index contributed by atoms with van der Waals surface area (Å²) in [6.45, 7) is 14.1. The molecule has 0 bridgehead atoms. The van der Waals surface area contributed by atoms with E-state index in [4.69, 9.17) is 0 Å². The first kappa shape index (κ1) is 12.0. The third kappa shape index (κ3) is 2.98. The summed E-state index contributed by atoms with van der Waals surface area (Å²) in [6, 6.07) is 1.39. The van der Waals surface area contributed by atoms with E-state index in [0.717, 1.165) is 0 Å². The van der Waals surface area contributed by atoms with Crippen molar-refractivity contribution in [1.29, 1.82) is 0 Å². The zero-order valence-corrected chi connectivity index (χ0v) is 10.8. The van der Waals surface area contributed by atoms with Crippen LogP contribution in [0.1, 0.15) is 60.8 Å². The number of piperidine rings is 1. The molecule has 1 aliphatic heterocycles. The Balaban J connectivity index is 2.61. The van der Waals surface area contributed by atoms with Gasteiger partial charge in [0.1, 0.15) is 0 Å². The highest BCUT2D eigenvalue weighted by Crippen LogP contribution is 2.33. The van der Waals surface area contributed by atoms with Crippen LogP contribution in [0, 0.1) is 10.8 Å². The fourth-order valence-electron chi connectivity index (χ4n) is 2.30. The Kier molecular flexibility index (Phi) is 3.30. The predicted octanol–water partition coefficient (Wildman–Crippen LogP) is 3.59. The van der Waals surface area contributed by atoms with Crippen LogP contribution < -0.4 is 5.32 Å². The first-order valence-electron chi connectivity index (χ1n) is 5.97. The Bertz CT molecular complexity index is 162. The summed E-state index contributed by atoms with van der Waals surface area (Å²) in [4.78, 5) is 0. The molecule has 1 heteroatoms. The van der Waals surface area contributed by atoms with Gasteiger partial charge >= 0.3 is 0 Å². The first-order valence-corrected chi connectivity index (χ1v) is 5.97. The van der Waals surface area contributed by atoms with Gasteiger partial charge in [-0.2, -0.15) is 0 Å². The second kappa shape index (κ2) is 3.84. The van der Waals surface area contributed by atoms with Gasteiger partial charge < -0.3 is 5.32 Å². The molecule has 1 rings (SSSR count). The summed E-state index contributed by atoms with van der Waals surface area (Å²) in [5, 5.41) is 3.83. The van der Waals surface area contributed by atoms with E-state index in [1.54, 1.807) is 0 Å². The highest BCUT2D eigenvalue weighted by Gasteiger charge is 2.34. The van der Waals surface area contributed by atoms with Crippen molar-refractivity contribution >= 4 is 0 Å². The highest BCUT2D eigenvalue weighted by molar-refractivity contribution is 4.92. The maximum absolute atomic E-state index is 3.83. The largest absolute Gasteiger partial charge is 0.310 e. The van der Waals surface area contributed by atoms with Gasteiger partial charge in [0.25, 0.3) is 0 Å². The van der Waals surface area contributed by atoms with Crippen LogP contribution in [0.15, 0.2) is 0 Å². The molecular weight excluding hydrogens is 170 g/mol. The fraction of sp³-hybridized carbons (Fsp3) is 1.00. The molecule has 2 unspecified atom stereocenters. The third-order valence-electron chi connectivity index (χ3n) is 3.48. The fourth-order valence-corrected chi connectivity index (χ4v) is 2.30. The molecule has 0 aromatic rings. The van der Waals surface area contributed by atoms with Gasteiger partial charge in [0.15, 0.2) is 0 Å². The van der Waals surface area contributed by atoms with Gasteiger partial charge in [-0.3, -0.25) is 0 Å². The van der Waals surface area contributed by atoms with Gasteiger partial charge in [-0.1, -0.05) is 48.0 Å². The number of hydrogen-bond acceptors (Lipinski definition) is 1. The van der Waals surface area contributed by atoms with Gasteiger partial charge in [0.2, 0.25) is 0 Å². The first-order chi connectivity index (χ1) is 6.21. The standard InChI is InChI=1S/C13H27N/c1-12(2,3)10-8-7-9-11(14-10)13(4,5)6/h10-11,14H,7-9H2,1-6H3. The van der Waals surface area contributed by atoms with Crippen LogP contribution >= 0.6 is 0 Å². The highest BCUT2D eigenvalue weighted by atomic mass is 15.0. The van der Waals surface area contributed by atoms with Crippen molar-refractivity contribution in [3.8, 4) is 0 Å². The molecular formula is C13H27N. The second-order valence-electron chi connectivity index (χ2n) is 6.93. The van der Waals surface area contributed by atoms with Crippen LogP contribution in [0.5, 0.6) is 0 Å². The zero-order valence-electron chi connectivity index (χ0n) is 10.8.